The summed E-state index contributed by atoms with van der Waals surface area (Å²) in [4.78, 5) is 11.0. The Morgan fingerprint density at radius 3 is 2.10 bits per heavy atom. The molecule has 112 valence electrons. The van der Waals surface area contributed by atoms with Crippen LogP contribution in [0.1, 0.15) is 52.2 Å². The summed E-state index contributed by atoms with van der Waals surface area (Å²) in [7, 11) is 1.55. The fourth-order valence-electron chi connectivity index (χ4n) is 2.34. The zero-order chi connectivity index (χ0) is 15.7. The number of phenolic OH excluding ortho intramolecular Hbond substituents is 1. The number of rotatable bonds is 4. The summed E-state index contributed by atoms with van der Waals surface area (Å²) in [5, 5.41) is 19.3. The molecule has 0 aliphatic heterocycles. The van der Waals surface area contributed by atoms with Gasteiger partial charge in [0.2, 0.25) is 0 Å². The molecule has 0 fully saturated rings. The zero-order valence-electron chi connectivity index (χ0n) is 13.1. The van der Waals surface area contributed by atoms with Crippen molar-refractivity contribution >= 4 is 5.97 Å². The van der Waals surface area contributed by atoms with Crippen molar-refractivity contribution in [1.82, 2.24) is 0 Å². The Hall–Kier alpha value is -1.71. The topological polar surface area (TPSA) is 66.8 Å². The van der Waals surface area contributed by atoms with Gasteiger partial charge in [0.15, 0.2) is 0 Å². The van der Waals surface area contributed by atoms with Crippen molar-refractivity contribution in [1.29, 1.82) is 0 Å². The molecule has 0 bridgehead atoms. The maximum absolute atomic E-state index is 11.0. The molecule has 0 saturated carbocycles. The zero-order valence-corrected chi connectivity index (χ0v) is 13.1. The molecule has 2 N–H and O–H groups in total. The van der Waals surface area contributed by atoms with E-state index in [4.69, 9.17) is 9.84 Å². The molecule has 0 heterocycles. The van der Waals surface area contributed by atoms with Crippen LogP contribution in [-0.2, 0) is 15.6 Å². The van der Waals surface area contributed by atoms with Crippen LogP contribution in [0.5, 0.6) is 11.5 Å². The van der Waals surface area contributed by atoms with E-state index in [1.165, 1.54) is 0 Å². The predicted molar refractivity (Wildman–Crippen MR) is 78.6 cm³/mol. The summed E-state index contributed by atoms with van der Waals surface area (Å²) >= 11 is 0. The van der Waals surface area contributed by atoms with Gasteiger partial charge < -0.3 is 14.9 Å². The molecule has 4 heteroatoms. The lowest BCUT2D eigenvalue weighted by molar-refractivity contribution is -0.138. The minimum atomic E-state index is -0.878. The molecule has 0 aliphatic carbocycles. The molecule has 20 heavy (non-hydrogen) atoms. The Morgan fingerprint density at radius 2 is 1.70 bits per heavy atom. The van der Waals surface area contributed by atoms with E-state index in [0.717, 1.165) is 5.56 Å². The van der Waals surface area contributed by atoms with Crippen LogP contribution < -0.4 is 4.74 Å². The predicted octanol–water partition coefficient (Wildman–Crippen LogP) is 3.45. The second-order valence-electron chi connectivity index (χ2n) is 6.77. The molecule has 0 saturated heterocycles. The number of ether oxygens (including phenoxy) is 1. The Kier molecular flexibility index (Phi) is 4.37. The molecule has 0 aliphatic rings. The molecule has 0 atom stereocenters. The van der Waals surface area contributed by atoms with Gasteiger partial charge in [-0.25, -0.2) is 0 Å². The molecule has 1 aromatic rings. The number of aliphatic carboxylic acids is 1. The van der Waals surface area contributed by atoms with Crippen LogP contribution in [0.3, 0.4) is 0 Å². The number of benzene rings is 1. The van der Waals surface area contributed by atoms with Gasteiger partial charge in [0, 0.05) is 16.5 Å². The third-order valence-electron chi connectivity index (χ3n) is 3.45. The highest BCUT2D eigenvalue weighted by atomic mass is 16.5. The quantitative estimate of drug-likeness (QED) is 0.886. The van der Waals surface area contributed by atoms with Crippen LogP contribution in [-0.4, -0.2) is 23.3 Å². The smallest absolute Gasteiger partial charge is 0.304 e. The average Bonchev–Trinajstić information content (AvgIpc) is 2.25. The normalized spacial score (nSPS) is 12.3. The van der Waals surface area contributed by atoms with Crippen LogP contribution >= 0.6 is 0 Å². The monoisotopic (exact) mass is 280 g/mol. The second-order valence-corrected chi connectivity index (χ2v) is 6.77. The number of carboxylic acids is 1. The number of methoxy groups -OCH3 is 1. The largest absolute Gasteiger partial charge is 0.508 e. The lowest BCUT2D eigenvalue weighted by Gasteiger charge is -2.28. The highest BCUT2D eigenvalue weighted by Gasteiger charge is 2.30. The molecule has 0 aromatic heterocycles. The lowest BCUT2D eigenvalue weighted by Crippen LogP contribution is -2.23. The first-order valence-electron chi connectivity index (χ1n) is 6.63. The first kappa shape index (κ1) is 16.3. The highest BCUT2D eigenvalue weighted by molar-refractivity contribution is 5.69. The molecular formula is C16H24O4. The van der Waals surface area contributed by atoms with E-state index in [-0.39, 0.29) is 17.6 Å². The molecular weight excluding hydrogens is 256 g/mol. The molecule has 0 spiro atoms. The molecule has 1 rings (SSSR count). The van der Waals surface area contributed by atoms with Crippen LogP contribution in [0.2, 0.25) is 0 Å². The first-order valence-corrected chi connectivity index (χ1v) is 6.63. The van der Waals surface area contributed by atoms with E-state index >= 15 is 0 Å². The van der Waals surface area contributed by atoms with Gasteiger partial charge in [-0.05, 0) is 17.5 Å². The molecule has 4 nitrogen and oxygen atoms in total. The maximum Gasteiger partial charge on any atom is 0.304 e. The van der Waals surface area contributed by atoms with Gasteiger partial charge in [0.1, 0.15) is 11.5 Å². The van der Waals surface area contributed by atoms with Gasteiger partial charge in [-0.3, -0.25) is 4.79 Å². The number of aromatic hydroxyl groups is 1. The van der Waals surface area contributed by atoms with Gasteiger partial charge in [0.25, 0.3) is 0 Å². The number of hydrogen-bond donors (Lipinski definition) is 2. The van der Waals surface area contributed by atoms with Crippen LogP contribution in [0.25, 0.3) is 0 Å². The van der Waals surface area contributed by atoms with Crippen LogP contribution in [0.4, 0.5) is 0 Å². The summed E-state index contributed by atoms with van der Waals surface area (Å²) in [6, 6.07) is 3.43. The SMILES string of the molecule is COc1cc(C(C)(C)C)c(O)cc1C(C)(C)CC(=O)O. The Bertz CT molecular complexity index is 510. The standard InChI is InChI=1S/C16H24O4/c1-15(2,3)10-8-13(20-6)11(7-12(10)17)16(4,5)9-14(18)19/h7-8,17H,9H2,1-6H3,(H,18,19). The number of hydrogen-bond acceptors (Lipinski definition) is 3. The van der Waals surface area contributed by atoms with Gasteiger partial charge in [0.05, 0.1) is 13.5 Å². The Balaban J connectivity index is 3.43. The minimum absolute atomic E-state index is 0.0301. The van der Waals surface area contributed by atoms with Gasteiger partial charge in [-0.1, -0.05) is 34.6 Å². The number of phenols is 1. The van der Waals surface area contributed by atoms with Crippen molar-refractivity contribution in [3.05, 3.63) is 23.3 Å². The van der Waals surface area contributed by atoms with E-state index in [2.05, 4.69) is 0 Å². The summed E-state index contributed by atoms with van der Waals surface area (Å²) in [6.07, 6.45) is -0.0301. The van der Waals surface area contributed by atoms with E-state index in [0.29, 0.717) is 11.3 Å². The lowest BCUT2D eigenvalue weighted by atomic mass is 9.78. The van der Waals surface area contributed by atoms with E-state index < -0.39 is 11.4 Å². The van der Waals surface area contributed by atoms with E-state index in [1.807, 2.05) is 34.6 Å². The number of carbonyl (C=O) groups is 1. The van der Waals surface area contributed by atoms with Crippen LogP contribution in [0.15, 0.2) is 12.1 Å². The van der Waals surface area contributed by atoms with E-state index in [1.54, 1.807) is 19.2 Å². The van der Waals surface area contributed by atoms with Crippen molar-refractivity contribution in [3.63, 3.8) is 0 Å². The highest BCUT2D eigenvalue weighted by Crippen LogP contribution is 2.41. The summed E-state index contributed by atoms with van der Waals surface area (Å²) in [6.45, 7) is 9.67. The summed E-state index contributed by atoms with van der Waals surface area (Å²) in [5.41, 5.74) is 0.648. The third-order valence-corrected chi connectivity index (χ3v) is 3.45. The third kappa shape index (κ3) is 3.44. The maximum atomic E-state index is 11.0. The van der Waals surface area contributed by atoms with Crippen molar-refractivity contribution in [2.45, 2.75) is 51.9 Å². The number of carboxylic acid groups (broad SMARTS) is 1. The van der Waals surface area contributed by atoms with Crippen molar-refractivity contribution in [2.75, 3.05) is 7.11 Å². The first-order chi connectivity index (χ1) is 8.99. The Morgan fingerprint density at radius 1 is 1.15 bits per heavy atom. The van der Waals surface area contributed by atoms with Crippen molar-refractivity contribution in [3.8, 4) is 11.5 Å². The molecule has 0 unspecified atom stereocenters. The van der Waals surface area contributed by atoms with Gasteiger partial charge in [-0.2, -0.15) is 0 Å². The molecule has 0 radical (unpaired) electrons. The second kappa shape index (κ2) is 5.35. The van der Waals surface area contributed by atoms with Gasteiger partial charge in [-0.15, -0.1) is 0 Å². The van der Waals surface area contributed by atoms with Gasteiger partial charge >= 0.3 is 5.97 Å². The summed E-state index contributed by atoms with van der Waals surface area (Å²) < 4.78 is 5.40. The minimum Gasteiger partial charge on any atom is -0.508 e. The fraction of sp³-hybridized carbons (Fsp3) is 0.562. The summed E-state index contributed by atoms with van der Waals surface area (Å²) in [5.74, 6) is -0.0952. The Labute approximate surface area is 120 Å². The average molecular weight is 280 g/mol. The molecule has 0 amide bonds. The van der Waals surface area contributed by atoms with Crippen LogP contribution in [0, 0.1) is 0 Å². The van der Waals surface area contributed by atoms with E-state index in [9.17, 15) is 9.90 Å². The fourth-order valence-corrected chi connectivity index (χ4v) is 2.34. The van der Waals surface area contributed by atoms with Crippen molar-refractivity contribution in [2.24, 2.45) is 0 Å². The molecule has 1 aromatic carbocycles. The van der Waals surface area contributed by atoms with Crippen molar-refractivity contribution < 1.29 is 19.7 Å².